The minimum Gasteiger partial charge on any atom is -0.339 e. The second-order valence-electron chi connectivity index (χ2n) is 6.58. The van der Waals surface area contributed by atoms with Crippen molar-refractivity contribution in [2.45, 2.75) is 76.5 Å². The third kappa shape index (κ3) is 2.94. The number of carbonyl (C=O) groups is 1. The highest BCUT2D eigenvalue weighted by Gasteiger charge is 2.30. The minimum atomic E-state index is -0.139. The Bertz CT molecular complexity index is 469. The van der Waals surface area contributed by atoms with E-state index >= 15 is 0 Å². The van der Waals surface area contributed by atoms with Gasteiger partial charge in [-0.2, -0.15) is 4.98 Å². The van der Waals surface area contributed by atoms with E-state index < -0.39 is 0 Å². The Kier molecular flexibility index (Phi) is 4.18. The Hall–Kier alpha value is -1.19. The van der Waals surface area contributed by atoms with Gasteiger partial charge in [0.15, 0.2) is 5.82 Å². The van der Waals surface area contributed by atoms with E-state index in [1.54, 1.807) is 0 Å². The van der Waals surface area contributed by atoms with Crippen molar-refractivity contribution in [2.75, 3.05) is 0 Å². The molecule has 1 heterocycles. The first-order valence-electron chi connectivity index (χ1n) is 8.10. The third-order valence-corrected chi connectivity index (χ3v) is 4.86. The molecule has 2 saturated carbocycles. The van der Waals surface area contributed by atoms with Crippen LogP contribution >= 0.6 is 0 Å². The predicted molar refractivity (Wildman–Crippen MR) is 75.5 cm³/mol. The first-order chi connectivity index (χ1) is 9.74. The van der Waals surface area contributed by atoms with E-state index in [0.717, 1.165) is 50.3 Å². The van der Waals surface area contributed by atoms with Crippen molar-refractivity contribution in [3.05, 3.63) is 11.7 Å². The molecule has 1 aromatic rings. The predicted octanol–water partition coefficient (Wildman–Crippen LogP) is 3.98. The van der Waals surface area contributed by atoms with Gasteiger partial charge in [0, 0.05) is 12.3 Å². The third-order valence-electron chi connectivity index (χ3n) is 4.86. The molecular formula is C16H24N2O2. The fourth-order valence-electron chi connectivity index (χ4n) is 3.64. The molecule has 3 atom stereocenters. The van der Waals surface area contributed by atoms with Crippen molar-refractivity contribution < 1.29 is 9.32 Å². The Morgan fingerprint density at radius 1 is 1.10 bits per heavy atom. The van der Waals surface area contributed by atoms with Crippen LogP contribution in [0.3, 0.4) is 0 Å². The van der Waals surface area contributed by atoms with Crippen LogP contribution < -0.4 is 0 Å². The summed E-state index contributed by atoms with van der Waals surface area (Å²) in [5, 5.41) is 4.18. The Morgan fingerprint density at radius 2 is 2.00 bits per heavy atom. The molecule has 3 rings (SSSR count). The number of nitrogens with zero attached hydrogens (tertiary/aromatic N) is 2. The smallest absolute Gasteiger partial charge is 0.237 e. The van der Waals surface area contributed by atoms with Gasteiger partial charge in [-0.1, -0.05) is 37.8 Å². The second-order valence-corrected chi connectivity index (χ2v) is 6.58. The van der Waals surface area contributed by atoms with Crippen LogP contribution in [0.15, 0.2) is 4.52 Å². The molecule has 2 aliphatic carbocycles. The Balaban J connectivity index is 1.73. The number of Topliss-reactive ketones (excluding diaryl/α,β-unsaturated/α-hetero) is 1. The monoisotopic (exact) mass is 276 g/mol. The van der Waals surface area contributed by atoms with E-state index in [4.69, 9.17) is 4.52 Å². The molecule has 20 heavy (non-hydrogen) atoms. The number of carbonyl (C=O) groups excluding carboxylic acids is 1. The highest BCUT2D eigenvalue weighted by Crippen LogP contribution is 2.36. The normalized spacial score (nSPS) is 32.0. The molecule has 0 spiro atoms. The zero-order valence-corrected chi connectivity index (χ0v) is 12.3. The first kappa shape index (κ1) is 13.8. The molecule has 2 fully saturated rings. The largest absolute Gasteiger partial charge is 0.339 e. The van der Waals surface area contributed by atoms with Crippen molar-refractivity contribution >= 4 is 5.78 Å². The van der Waals surface area contributed by atoms with Gasteiger partial charge in [0.25, 0.3) is 0 Å². The lowest BCUT2D eigenvalue weighted by Crippen LogP contribution is -2.14. The van der Waals surface area contributed by atoms with E-state index in [2.05, 4.69) is 17.1 Å². The topological polar surface area (TPSA) is 56.0 Å². The molecule has 0 N–H and O–H groups in total. The molecule has 0 saturated heterocycles. The lowest BCUT2D eigenvalue weighted by molar-refractivity contribution is -0.120. The van der Waals surface area contributed by atoms with Crippen molar-refractivity contribution in [2.24, 2.45) is 5.92 Å². The summed E-state index contributed by atoms with van der Waals surface area (Å²) < 4.78 is 5.44. The number of aromatic nitrogens is 2. The van der Waals surface area contributed by atoms with Crippen molar-refractivity contribution in [3.63, 3.8) is 0 Å². The SMILES string of the molecule is CC1CCCC(c2noc(C3CCCCCC3=O)n2)C1. The molecule has 4 nitrogen and oxygen atoms in total. The summed E-state index contributed by atoms with van der Waals surface area (Å²) in [5.41, 5.74) is 0. The number of rotatable bonds is 2. The van der Waals surface area contributed by atoms with Gasteiger partial charge in [0.05, 0.1) is 5.92 Å². The quantitative estimate of drug-likeness (QED) is 0.767. The fraction of sp³-hybridized carbons (Fsp3) is 0.812. The second kappa shape index (κ2) is 6.06. The highest BCUT2D eigenvalue weighted by molar-refractivity contribution is 5.84. The van der Waals surface area contributed by atoms with E-state index in [1.807, 2.05) is 0 Å². The number of ketones is 1. The summed E-state index contributed by atoms with van der Waals surface area (Å²) in [6.45, 7) is 2.29. The van der Waals surface area contributed by atoms with E-state index in [-0.39, 0.29) is 11.7 Å². The van der Waals surface area contributed by atoms with Gasteiger partial charge in [-0.05, 0) is 31.6 Å². The summed E-state index contributed by atoms with van der Waals surface area (Å²) in [5.74, 6) is 2.73. The highest BCUT2D eigenvalue weighted by atomic mass is 16.5. The van der Waals surface area contributed by atoms with Crippen LogP contribution in [0.25, 0.3) is 0 Å². The average Bonchev–Trinajstić information content (AvgIpc) is 2.82. The standard InChI is InChI=1S/C16H24N2O2/c1-11-6-5-7-12(10-11)15-17-16(20-18-15)13-8-3-2-4-9-14(13)19/h11-13H,2-10H2,1H3. The van der Waals surface area contributed by atoms with Crippen molar-refractivity contribution in [1.82, 2.24) is 10.1 Å². The maximum Gasteiger partial charge on any atom is 0.237 e. The van der Waals surface area contributed by atoms with Crippen LogP contribution in [0.1, 0.15) is 88.3 Å². The molecule has 0 radical (unpaired) electrons. The van der Waals surface area contributed by atoms with E-state index in [1.165, 1.54) is 12.8 Å². The van der Waals surface area contributed by atoms with Gasteiger partial charge in [-0.3, -0.25) is 4.79 Å². The van der Waals surface area contributed by atoms with E-state index in [0.29, 0.717) is 18.2 Å². The summed E-state index contributed by atoms with van der Waals surface area (Å²) in [6, 6.07) is 0. The van der Waals surface area contributed by atoms with Crippen molar-refractivity contribution in [3.8, 4) is 0 Å². The zero-order chi connectivity index (χ0) is 13.9. The molecule has 1 aromatic heterocycles. The van der Waals surface area contributed by atoms with Gasteiger partial charge in [0.1, 0.15) is 5.78 Å². The summed E-state index contributed by atoms with van der Waals surface area (Å²) in [4.78, 5) is 16.7. The van der Waals surface area contributed by atoms with Crippen LogP contribution in [0.2, 0.25) is 0 Å². The summed E-state index contributed by atoms with van der Waals surface area (Å²) >= 11 is 0. The van der Waals surface area contributed by atoms with Gasteiger partial charge in [0.2, 0.25) is 5.89 Å². The molecule has 4 heteroatoms. The molecule has 0 aromatic carbocycles. The summed E-state index contributed by atoms with van der Waals surface area (Å²) in [7, 11) is 0. The first-order valence-corrected chi connectivity index (χ1v) is 8.10. The van der Waals surface area contributed by atoms with Crippen molar-refractivity contribution in [1.29, 1.82) is 0 Å². The van der Waals surface area contributed by atoms with Gasteiger partial charge < -0.3 is 4.52 Å². The zero-order valence-electron chi connectivity index (χ0n) is 12.3. The summed E-state index contributed by atoms with van der Waals surface area (Å²) in [6.07, 6.45) is 9.65. The molecule has 3 unspecified atom stereocenters. The van der Waals surface area contributed by atoms with Crippen LogP contribution in [0.4, 0.5) is 0 Å². The minimum absolute atomic E-state index is 0.139. The Labute approximate surface area is 120 Å². The van der Waals surface area contributed by atoms with Gasteiger partial charge >= 0.3 is 0 Å². The van der Waals surface area contributed by atoms with Crippen LogP contribution in [-0.4, -0.2) is 15.9 Å². The lowest BCUT2D eigenvalue weighted by atomic mass is 9.82. The molecule has 2 aliphatic rings. The number of hydrogen-bond acceptors (Lipinski definition) is 4. The van der Waals surface area contributed by atoms with Gasteiger partial charge in [-0.15, -0.1) is 0 Å². The molecule has 110 valence electrons. The number of hydrogen-bond donors (Lipinski definition) is 0. The van der Waals surface area contributed by atoms with Gasteiger partial charge in [-0.25, -0.2) is 0 Å². The Morgan fingerprint density at radius 3 is 2.85 bits per heavy atom. The maximum absolute atomic E-state index is 12.1. The van der Waals surface area contributed by atoms with Crippen LogP contribution in [0, 0.1) is 5.92 Å². The average molecular weight is 276 g/mol. The van der Waals surface area contributed by atoms with E-state index in [9.17, 15) is 4.79 Å². The molecule has 0 amide bonds. The molecule has 0 aliphatic heterocycles. The lowest BCUT2D eigenvalue weighted by Gasteiger charge is -2.23. The van der Waals surface area contributed by atoms with Crippen LogP contribution in [-0.2, 0) is 4.79 Å². The maximum atomic E-state index is 12.1. The van der Waals surface area contributed by atoms with Crippen LogP contribution in [0.5, 0.6) is 0 Å². The molecular weight excluding hydrogens is 252 g/mol. The molecule has 0 bridgehead atoms. The fourth-order valence-corrected chi connectivity index (χ4v) is 3.64.